The molecule has 0 aliphatic rings. The van der Waals surface area contributed by atoms with Crippen molar-refractivity contribution in [1.29, 1.82) is 5.26 Å². The summed E-state index contributed by atoms with van der Waals surface area (Å²) in [5, 5.41) is 11.9. The Kier molecular flexibility index (Phi) is 3.90. The second kappa shape index (κ2) is 5.80. The second-order valence-corrected chi connectivity index (χ2v) is 3.77. The van der Waals surface area contributed by atoms with E-state index in [2.05, 4.69) is 10.3 Å². The summed E-state index contributed by atoms with van der Waals surface area (Å²) in [6, 6.07) is 13.1. The molecule has 0 saturated heterocycles. The lowest BCUT2D eigenvalue weighted by molar-refractivity contribution is 0.481. The Bertz CT molecular complexity index is 575. The van der Waals surface area contributed by atoms with Gasteiger partial charge in [-0.3, -0.25) is 0 Å². The number of nitrogens with one attached hydrogen (secondary N) is 1. The Hall–Kier alpha value is -2.38. The van der Waals surface area contributed by atoms with Crippen molar-refractivity contribution in [3.63, 3.8) is 0 Å². The van der Waals surface area contributed by atoms with Crippen LogP contribution in [-0.2, 0) is 6.54 Å². The molecule has 1 aromatic carbocycles. The van der Waals surface area contributed by atoms with Gasteiger partial charge in [-0.05, 0) is 30.8 Å². The number of ether oxygens (including phenoxy) is 1. The zero-order valence-electron chi connectivity index (χ0n) is 10.1. The predicted octanol–water partition coefficient (Wildman–Crippen LogP) is 2.46. The Morgan fingerprint density at radius 3 is 2.89 bits per heavy atom. The molecule has 0 atom stereocenters. The highest BCUT2D eigenvalue weighted by Crippen LogP contribution is 2.22. The molecule has 1 aromatic heterocycles. The molecule has 4 nitrogen and oxygen atoms in total. The molecule has 2 rings (SSSR count). The molecule has 0 aliphatic heterocycles. The van der Waals surface area contributed by atoms with Gasteiger partial charge in [0.2, 0.25) is 0 Å². The Morgan fingerprint density at radius 1 is 1.28 bits per heavy atom. The van der Waals surface area contributed by atoms with E-state index in [0.717, 1.165) is 17.9 Å². The van der Waals surface area contributed by atoms with E-state index in [9.17, 15) is 0 Å². The first-order valence-corrected chi connectivity index (χ1v) is 5.59. The summed E-state index contributed by atoms with van der Waals surface area (Å²) in [7, 11) is 1.90. The van der Waals surface area contributed by atoms with Crippen LogP contribution in [0.5, 0.6) is 11.5 Å². The minimum atomic E-state index is 0.346. The van der Waals surface area contributed by atoms with Crippen molar-refractivity contribution < 1.29 is 4.74 Å². The van der Waals surface area contributed by atoms with Crippen LogP contribution in [0.15, 0.2) is 42.6 Å². The maximum Gasteiger partial charge on any atom is 0.144 e. The maximum atomic E-state index is 8.77. The van der Waals surface area contributed by atoms with Gasteiger partial charge in [0.05, 0.1) is 0 Å². The fraction of sp³-hybridized carbons (Fsp3) is 0.143. The number of hydrogen-bond donors (Lipinski definition) is 1. The number of rotatable bonds is 4. The van der Waals surface area contributed by atoms with Crippen LogP contribution in [-0.4, -0.2) is 12.0 Å². The lowest BCUT2D eigenvalue weighted by Gasteiger charge is -2.07. The molecular weight excluding hydrogens is 226 g/mol. The number of benzene rings is 1. The molecule has 90 valence electrons. The molecule has 0 radical (unpaired) electrons. The molecule has 0 saturated carbocycles. The highest BCUT2D eigenvalue weighted by Gasteiger charge is 2.00. The Labute approximate surface area is 106 Å². The summed E-state index contributed by atoms with van der Waals surface area (Å²) >= 11 is 0. The van der Waals surface area contributed by atoms with Gasteiger partial charge in [0, 0.05) is 18.8 Å². The van der Waals surface area contributed by atoms with Gasteiger partial charge >= 0.3 is 0 Å². The molecule has 0 amide bonds. The highest BCUT2D eigenvalue weighted by molar-refractivity contribution is 5.36. The van der Waals surface area contributed by atoms with Crippen molar-refractivity contribution in [2.75, 3.05) is 7.05 Å². The quantitative estimate of drug-likeness (QED) is 0.890. The van der Waals surface area contributed by atoms with E-state index < -0.39 is 0 Å². The second-order valence-electron chi connectivity index (χ2n) is 3.77. The van der Waals surface area contributed by atoms with Crippen LogP contribution in [0, 0.1) is 11.3 Å². The van der Waals surface area contributed by atoms with Crippen LogP contribution in [0.3, 0.4) is 0 Å². The zero-order chi connectivity index (χ0) is 12.8. The van der Waals surface area contributed by atoms with Crippen molar-refractivity contribution in [3.8, 4) is 17.6 Å². The number of nitriles is 1. The third kappa shape index (κ3) is 3.06. The third-order valence-electron chi connectivity index (χ3n) is 2.36. The Morgan fingerprint density at radius 2 is 2.11 bits per heavy atom. The number of aromatic nitrogens is 1. The van der Waals surface area contributed by atoms with Gasteiger partial charge < -0.3 is 10.1 Å². The molecule has 0 unspecified atom stereocenters. The molecule has 0 bridgehead atoms. The molecule has 2 aromatic rings. The summed E-state index contributed by atoms with van der Waals surface area (Å²) in [6.45, 7) is 0.789. The predicted molar refractivity (Wildman–Crippen MR) is 68.2 cm³/mol. The van der Waals surface area contributed by atoms with Crippen molar-refractivity contribution in [2.24, 2.45) is 0 Å². The SMILES string of the molecule is CNCc1cccc(Oc2ccnc(C#N)c2)c1. The van der Waals surface area contributed by atoms with E-state index in [1.54, 1.807) is 18.3 Å². The molecule has 18 heavy (non-hydrogen) atoms. The van der Waals surface area contributed by atoms with Crippen LogP contribution in [0.2, 0.25) is 0 Å². The van der Waals surface area contributed by atoms with Crippen LogP contribution < -0.4 is 10.1 Å². The maximum absolute atomic E-state index is 8.77. The van der Waals surface area contributed by atoms with Gasteiger partial charge in [-0.2, -0.15) is 5.26 Å². The molecule has 4 heteroatoms. The molecule has 0 aliphatic carbocycles. The van der Waals surface area contributed by atoms with E-state index in [1.807, 2.05) is 37.4 Å². The first-order chi connectivity index (χ1) is 8.81. The first-order valence-electron chi connectivity index (χ1n) is 5.59. The average molecular weight is 239 g/mol. The van der Waals surface area contributed by atoms with Crippen molar-refractivity contribution >= 4 is 0 Å². The van der Waals surface area contributed by atoms with Crippen molar-refractivity contribution in [2.45, 2.75) is 6.54 Å². The monoisotopic (exact) mass is 239 g/mol. The lowest BCUT2D eigenvalue weighted by atomic mass is 10.2. The molecule has 0 spiro atoms. The van der Waals surface area contributed by atoms with Crippen molar-refractivity contribution in [1.82, 2.24) is 10.3 Å². The summed E-state index contributed by atoms with van der Waals surface area (Å²) in [5.74, 6) is 1.36. The molecule has 1 heterocycles. The first kappa shape index (κ1) is 12.1. The third-order valence-corrected chi connectivity index (χ3v) is 2.36. The smallest absolute Gasteiger partial charge is 0.144 e. The minimum absolute atomic E-state index is 0.346. The highest BCUT2D eigenvalue weighted by atomic mass is 16.5. The summed E-state index contributed by atoms with van der Waals surface area (Å²) in [5.41, 5.74) is 1.49. The van der Waals surface area contributed by atoms with Crippen LogP contribution in [0.4, 0.5) is 0 Å². The summed E-state index contributed by atoms with van der Waals surface area (Å²) in [4.78, 5) is 3.90. The van der Waals surface area contributed by atoms with Crippen LogP contribution in [0.25, 0.3) is 0 Å². The number of hydrogen-bond acceptors (Lipinski definition) is 4. The van der Waals surface area contributed by atoms with Gasteiger partial charge in [-0.25, -0.2) is 4.98 Å². The number of pyridine rings is 1. The van der Waals surface area contributed by atoms with Crippen LogP contribution in [0.1, 0.15) is 11.3 Å². The topological polar surface area (TPSA) is 57.9 Å². The largest absolute Gasteiger partial charge is 0.457 e. The standard InChI is InChI=1S/C14H13N3O/c1-16-10-11-3-2-4-13(7-11)18-14-5-6-17-12(8-14)9-15/h2-8,16H,10H2,1H3. The average Bonchev–Trinajstić information content (AvgIpc) is 2.40. The normalized spacial score (nSPS) is 9.78. The van der Waals surface area contributed by atoms with Gasteiger partial charge in [-0.15, -0.1) is 0 Å². The lowest BCUT2D eigenvalue weighted by Crippen LogP contribution is -2.04. The van der Waals surface area contributed by atoms with E-state index in [-0.39, 0.29) is 0 Å². The van der Waals surface area contributed by atoms with E-state index in [1.165, 1.54) is 0 Å². The van der Waals surface area contributed by atoms with E-state index in [0.29, 0.717) is 11.4 Å². The Balaban J connectivity index is 2.18. The van der Waals surface area contributed by atoms with Gasteiger partial charge in [-0.1, -0.05) is 12.1 Å². The summed E-state index contributed by atoms with van der Waals surface area (Å²) in [6.07, 6.45) is 1.56. The fourth-order valence-corrected chi connectivity index (χ4v) is 1.59. The zero-order valence-corrected chi connectivity index (χ0v) is 10.1. The van der Waals surface area contributed by atoms with Gasteiger partial charge in [0.1, 0.15) is 23.3 Å². The van der Waals surface area contributed by atoms with Crippen LogP contribution >= 0.6 is 0 Å². The minimum Gasteiger partial charge on any atom is -0.457 e. The molecule has 0 fully saturated rings. The molecular formula is C14H13N3O. The number of nitrogens with zero attached hydrogens (tertiary/aromatic N) is 2. The van der Waals surface area contributed by atoms with Gasteiger partial charge in [0.15, 0.2) is 0 Å². The van der Waals surface area contributed by atoms with E-state index in [4.69, 9.17) is 10.00 Å². The van der Waals surface area contributed by atoms with Crippen molar-refractivity contribution in [3.05, 3.63) is 53.9 Å². The van der Waals surface area contributed by atoms with E-state index >= 15 is 0 Å². The fourth-order valence-electron chi connectivity index (χ4n) is 1.59. The van der Waals surface area contributed by atoms with Gasteiger partial charge in [0.25, 0.3) is 0 Å². The molecule has 1 N–H and O–H groups in total. The summed E-state index contributed by atoms with van der Waals surface area (Å²) < 4.78 is 5.69.